The van der Waals surface area contributed by atoms with Crippen LogP contribution in [-0.4, -0.2) is 31.7 Å². The Labute approximate surface area is 68.5 Å². The van der Waals surface area contributed by atoms with Gasteiger partial charge in [0.05, 0.1) is 0 Å². The van der Waals surface area contributed by atoms with Crippen molar-refractivity contribution in [3.8, 4) is 0 Å². The number of nitrogens with zero attached hydrogens (tertiary/aromatic N) is 1. The highest BCUT2D eigenvalue weighted by molar-refractivity contribution is 7.83. The fourth-order valence-electron chi connectivity index (χ4n) is 1.03. The molecule has 0 aromatic carbocycles. The Bertz CT molecular complexity index is 254. The van der Waals surface area contributed by atoms with E-state index in [4.69, 9.17) is 0 Å². The Kier molecular flexibility index (Phi) is 2.35. The molecular weight excluding hydrogens is 195 g/mol. The van der Waals surface area contributed by atoms with Gasteiger partial charge in [-0.15, -0.1) is 0 Å². The summed E-state index contributed by atoms with van der Waals surface area (Å²) in [5.41, 5.74) is 0. The van der Waals surface area contributed by atoms with Gasteiger partial charge in [0.2, 0.25) is 0 Å². The van der Waals surface area contributed by atoms with Gasteiger partial charge in [-0.1, -0.05) is 3.89 Å². The van der Waals surface area contributed by atoms with Gasteiger partial charge in [-0.2, -0.15) is 12.7 Å². The van der Waals surface area contributed by atoms with E-state index < -0.39 is 42.3 Å². The van der Waals surface area contributed by atoms with Gasteiger partial charge < -0.3 is 0 Å². The summed E-state index contributed by atoms with van der Waals surface area (Å²) >= 11 is 0. The van der Waals surface area contributed by atoms with Crippen molar-refractivity contribution in [2.75, 3.05) is 13.1 Å². The first kappa shape index (κ1) is 9.79. The quantitative estimate of drug-likeness (QED) is 0.594. The predicted molar refractivity (Wildman–Crippen MR) is 35.8 cm³/mol. The lowest BCUT2D eigenvalue weighted by Gasteiger charge is -2.27. The summed E-state index contributed by atoms with van der Waals surface area (Å²) < 4.78 is 57.9. The molecule has 0 saturated carbocycles. The average Bonchev–Trinajstić information content (AvgIpc) is 1.83. The van der Waals surface area contributed by atoms with Gasteiger partial charge in [0, 0.05) is 25.9 Å². The summed E-state index contributed by atoms with van der Waals surface area (Å²) in [4.78, 5) is 0. The molecule has 3 nitrogen and oxygen atoms in total. The maximum Gasteiger partial charge on any atom is 0.374 e. The largest absolute Gasteiger partial charge is 0.374 e. The molecule has 0 atom stereocenters. The molecule has 1 fully saturated rings. The van der Waals surface area contributed by atoms with E-state index in [0.717, 1.165) is 0 Å². The van der Waals surface area contributed by atoms with Crippen molar-refractivity contribution in [3.63, 3.8) is 0 Å². The van der Waals surface area contributed by atoms with Gasteiger partial charge in [0.15, 0.2) is 0 Å². The van der Waals surface area contributed by atoms with Crippen LogP contribution in [0.4, 0.5) is 12.7 Å². The number of rotatable bonds is 1. The van der Waals surface area contributed by atoms with E-state index in [2.05, 4.69) is 0 Å². The SMILES string of the molecule is O=S(=O)(F)N1CCC(F)(F)CC1. The van der Waals surface area contributed by atoms with Crippen molar-refractivity contribution in [2.24, 2.45) is 0 Å². The Morgan fingerprint density at radius 2 is 1.58 bits per heavy atom. The molecule has 1 aliphatic rings. The van der Waals surface area contributed by atoms with Gasteiger partial charge >= 0.3 is 10.4 Å². The van der Waals surface area contributed by atoms with E-state index in [1.54, 1.807) is 0 Å². The molecule has 1 heterocycles. The molecule has 0 aliphatic carbocycles. The minimum Gasteiger partial charge on any atom is -0.207 e. The van der Waals surface area contributed by atoms with E-state index in [0.29, 0.717) is 4.31 Å². The second kappa shape index (κ2) is 2.88. The molecule has 1 rings (SSSR count). The van der Waals surface area contributed by atoms with Crippen molar-refractivity contribution in [3.05, 3.63) is 0 Å². The smallest absolute Gasteiger partial charge is 0.207 e. The predicted octanol–water partition coefficient (Wildman–Crippen LogP) is 0.932. The van der Waals surface area contributed by atoms with Crippen molar-refractivity contribution in [2.45, 2.75) is 18.8 Å². The van der Waals surface area contributed by atoms with Crippen LogP contribution in [0.3, 0.4) is 0 Å². The first-order chi connectivity index (χ1) is 5.31. The van der Waals surface area contributed by atoms with Crippen LogP contribution in [-0.2, 0) is 10.4 Å². The summed E-state index contributed by atoms with van der Waals surface area (Å²) in [6.07, 6.45) is -1.20. The molecule has 0 N–H and O–H groups in total. The Morgan fingerprint density at radius 3 is 1.92 bits per heavy atom. The van der Waals surface area contributed by atoms with Crippen LogP contribution < -0.4 is 0 Å². The Morgan fingerprint density at radius 1 is 1.17 bits per heavy atom. The summed E-state index contributed by atoms with van der Waals surface area (Å²) in [5.74, 6) is -2.85. The van der Waals surface area contributed by atoms with E-state index in [9.17, 15) is 21.1 Å². The number of halogens is 3. The summed E-state index contributed by atoms with van der Waals surface area (Å²) in [5, 5.41) is 0. The van der Waals surface area contributed by atoms with Crippen LogP contribution in [0.5, 0.6) is 0 Å². The van der Waals surface area contributed by atoms with Gasteiger partial charge in [0.1, 0.15) is 0 Å². The highest BCUT2D eigenvalue weighted by atomic mass is 32.3. The molecule has 0 unspecified atom stereocenters. The fourth-order valence-corrected chi connectivity index (χ4v) is 1.65. The first-order valence-corrected chi connectivity index (χ1v) is 4.73. The molecule has 0 aromatic rings. The van der Waals surface area contributed by atoms with Crippen LogP contribution >= 0.6 is 0 Å². The molecule has 1 aliphatic heterocycles. The van der Waals surface area contributed by atoms with Crippen LogP contribution in [0.2, 0.25) is 0 Å². The standard InChI is InChI=1S/C5H8F3NO2S/c6-5(7)1-3-9(4-2-5)12(8,10)11/h1-4H2. The van der Waals surface area contributed by atoms with Gasteiger partial charge in [-0.3, -0.25) is 0 Å². The molecular formula is C5H8F3NO2S. The summed E-state index contributed by atoms with van der Waals surface area (Å²) in [6.45, 7) is -0.877. The number of hydrogen-bond donors (Lipinski definition) is 0. The van der Waals surface area contributed by atoms with Crippen molar-refractivity contribution >= 4 is 10.4 Å². The monoisotopic (exact) mass is 203 g/mol. The lowest BCUT2D eigenvalue weighted by molar-refractivity contribution is -0.0417. The van der Waals surface area contributed by atoms with E-state index >= 15 is 0 Å². The zero-order chi connectivity index (χ0) is 9.41. The maximum absolute atomic E-state index is 12.4. The second-order valence-corrected chi connectivity index (χ2v) is 4.04. The molecule has 72 valence electrons. The molecule has 0 aromatic heterocycles. The summed E-state index contributed by atoms with van der Waals surface area (Å²) in [6, 6.07) is 0. The van der Waals surface area contributed by atoms with Crippen LogP contribution in [0.15, 0.2) is 0 Å². The zero-order valence-corrected chi connectivity index (χ0v) is 6.95. The third-order valence-corrected chi connectivity index (χ3v) is 2.74. The van der Waals surface area contributed by atoms with Crippen molar-refractivity contribution < 1.29 is 21.1 Å². The highest BCUT2D eigenvalue weighted by Gasteiger charge is 2.37. The number of hydrogen-bond acceptors (Lipinski definition) is 2. The van der Waals surface area contributed by atoms with Gasteiger partial charge in [0.25, 0.3) is 5.92 Å². The van der Waals surface area contributed by atoms with Crippen LogP contribution in [0.1, 0.15) is 12.8 Å². The molecule has 1 saturated heterocycles. The maximum atomic E-state index is 12.4. The highest BCUT2D eigenvalue weighted by Crippen LogP contribution is 2.28. The fraction of sp³-hybridized carbons (Fsp3) is 1.00. The van der Waals surface area contributed by atoms with Crippen molar-refractivity contribution in [1.29, 1.82) is 0 Å². The third-order valence-electron chi connectivity index (χ3n) is 1.76. The van der Waals surface area contributed by atoms with E-state index in [1.807, 2.05) is 0 Å². The minimum absolute atomic E-state index is 0.421. The lowest BCUT2D eigenvalue weighted by Crippen LogP contribution is -2.41. The molecule has 12 heavy (non-hydrogen) atoms. The number of alkyl halides is 2. The van der Waals surface area contributed by atoms with Gasteiger partial charge in [-0.25, -0.2) is 8.78 Å². The molecule has 0 radical (unpaired) electrons. The summed E-state index contributed by atoms with van der Waals surface area (Å²) in [7, 11) is -4.78. The van der Waals surface area contributed by atoms with Crippen molar-refractivity contribution in [1.82, 2.24) is 4.31 Å². The van der Waals surface area contributed by atoms with Crippen LogP contribution in [0, 0.1) is 0 Å². The minimum atomic E-state index is -4.78. The first-order valence-electron chi connectivity index (χ1n) is 3.39. The van der Waals surface area contributed by atoms with Crippen LogP contribution in [0.25, 0.3) is 0 Å². The molecule has 0 amide bonds. The second-order valence-electron chi connectivity index (χ2n) is 2.70. The van der Waals surface area contributed by atoms with E-state index in [1.165, 1.54) is 0 Å². The normalized spacial score (nSPS) is 25.6. The topological polar surface area (TPSA) is 37.4 Å². The lowest BCUT2D eigenvalue weighted by atomic mass is 10.1. The van der Waals surface area contributed by atoms with E-state index in [-0.39, 0.29) is 0 Å². The number of piperidine rings is 1. The van der Waals surface area contributed by atoms with Gasteiger partial charge in [-0.05, 0) is 0 Å². The molecule has 7 heteroatoms. The average molecular weight is 203 g/mol. The Balaban J connectivity index is 2.59. The molecule has 0 spiro atoms. The zero-order valence-electron chi connectivity index (χ0n) is 6.13. The third kappa shape index (κ3) is 2.34. The molecule has 0 bridgehead atoms. The Hall–Kier alpha value is -0.300.